The first-order valence-electron chi connectivity index (χ1n) is 5.42. The summed E-state index contributed by atoms with van der Waals surface area (Å²) in [5.74, 6) is 2.93. The third kappa shape index (κ3) is 1.57. The SMILES string of the molecule is CC(C)c1nc2c(o1)CCC2CCN. The van der Waals surface area contributed by atoms with Crippen molar-refractivity contribution < 1.29 is 4.42 Å². The molecule has 0 aliphatic heterocycles. The van der Waals surface area contributed by atoms with Gasteiger partial charge in [0.2, 0.25) is 0 Å². The van der Waals surface area contributed by atoms with Crippen molar-refractivity contribution in [2.75, 3.05) is 6.54 Å². The molecule has 2 rings (SSSR count). The van der Waals surface area contributed by atoms with E-state index in [1.165, 1.54) is 5.69 Å². The molecule has 0 radical (unpaired) electrons. The minimum atomic E-state index is 0.388. The molecule has 3 heteroatoms. The maximum absolute atomic E-state index is 5.71. The van der Waals surface area contributed by atoms with Crippen molar-refractivity contribution in [3.63, 3.8) is 0 Å². The first-order valence-corrected chi connectivity index (χ1v) is 5.42. The number of hydrogen-bond acceptors (Lipinski definition) is 3. The number of fused-ring (bicyclic) bond motifs is 1. The Bertz CT molecular complexity index is 317. The van der Waals surface area contributed by atoms with Crippen LogP contribution in [0.5, 0.6) is 0 Å². The van der Waals surface area contributed by atoms with E-state index < -0.39 is 0 Å². The molecular formula is C11H18N2O. The Labute approximate surface area is 84.7 Å². The minimum Gasteiger partial charge on any atom is -0.445 e. The molecule has 3 nitrogen and oxygen atoms in total. The number of nitrogens with zero attached hydrogens (tertiary/aromatic N) is 1. The van der Waals surface area contributed by atoms with Gasteiger partial charge in [0.1, 0.15) is 5.76 Å². The van der Waals surface area contributed by atoms with Crippen LogP contribution in [0.3, 0.4) is 0 Å². The Kier molecular flexibility index (Phi) is 2.59. The second-order valence-corrected chi connectivity index (χ2v) is 4.33. The second-order valence-electron chi connectivity index (χ2n) is 4.33. The number of rotatable bonds is 3. The van der Waals surface area contributed by atoms with Crippen LogP contribution in [0.25, 0.3) is 0 Å². The van der Waals surface area contributed by atoms with Crippen LogP contribution in [0.4, 0.5) is 0 Å². The van der Waals surface area contributed by atoms with E-state index >= 15 is 0 Å². The molecular weight excluding hydrogens is 176 g/mol. The van der Waals surface area contributed by atoms with E-state index in [0.717, 1.165) is 37.5 Å². The first-order chi connectivity index (χ1) is 6.72. The molecule has 78 valence electrons. The fourth-order valence-electron chi connectivity index (χ4n) is 2.05. The topological polar surface area (TPSA) is 52.0 Å². The molecule has 1 heterocycles. The van der Waals surface area contributed by atoms with Crippen molar-refractivity contribution in [2.45, 2.75) is 44.9 Å². The average Bonchev–Trinajstić information content (AvgIpc) is 2.67. The zero-order valence-electron chi connectivity index (χ0n) is 8.92. The number of aryl methyl sites for hydroxylation is 1. The number of oxazole rings is 1. The maximum atomic E-state index is 5.71. The predicted octanol–water partition coefficient (Wildman–Crippen LogP) is 2.18. The number of hydrogen-bond donors (Lipinski definition) is 1. The summed E-state index contributed by atoms with van der Waals surface area (Å²) >= 11 is 0. The molecule has 1 unspecified atom stereocenters. The summed E-state index contributed by atoms with van der Waals surface area (Å²) in [5, 5.41) is 0. The molecule has 2 N–H and O–H groups in total. The molecule has 14 heavy (non-hydrogen) atoms. The lowest BCUT2D eigenvalue weighted by Crippen LogP contribution is -2.05. The van der Waals surface area contributed by atoms with Crippen LogP contribution in [-0.2, 0) is 6.42 Å². The van der Waals surface area contributed by atoms with Gasteiger partial charge in [-0.25, -0.2) is 4.98 Å². The van der Waals surface area contributed by atoms with Gasteiger partial charge in [-0.15, -0.1) is 0 Å². The van der Waals surface area contributed by atoms with Gasteiger partial charge in [0.05, 0.1) is 5.69 Å². The van der Waals surface area contributed by atoms with Crippen molar-refractivity contribution in [3.8, 4) is 0 Å². The monoisotopic (exact) mass is 194 g/mol. The van der Waals surface area contributed by atoms with E-state index in [1.54, 1.807) is 0 Å². The van der Waals surface area contributed by atoms with Crippen molar-refractivity contribution >= 4 is 0 Å². The van der Waals surface area contributed by atoms with Gasteiger partial charge in [-0.1, -0.05) is 13.8 Å². The minimum absolute atomic E-state index is 0.388. The van der Waals surface area contributed by atoms with Gasteiger partial charge in [0.25, 0.3) is 0 Å². The van der Waals surface area contributed by atoms with Gasteiger partial charge in [0.15, 0.2) is 5.89 Å². The highest BCUT2D eigenvalue weighted by Gasteiger charge is 2.28. The Balaban J connectivity index is 2.21. The fourth-order valence-corrected chi connectivity index (χ4v) is 2.05. The van der Waals surface area contributed by atoms with Crippen molar-refractivity contribution in [2.24, 2.45) is 5.73 Å². The number of nitrogens with two attached hydrogens (primary N) is 1. The Morgan fingerprint density at radius 1 is 1.57 bits per heavy atom. The van der Waals surface area contributed by atoms with Crippen LogP contribution < -0.4 is 5.73 Å². The van der Waals surface area contributed by atoms with Gasteiger partial charge in [-0.2, -0.15) is 0 Å². The summed E-state index contributed by atoms with van der Waals surface area (Å²) in [6, 6.07) is 0. The van der Waals surface area contributed by atoms with E-state index in [9.17, 15) is 0 Å². The van der Waals surface area contributed by atoms with Crippen LogP contribution in [0, 0.1) is 0 Å². The zero-order valence-corrected chi connectivity index (χ0v) is 8.92. The van der Waals surface area contributed by atoms with Crippen LogP contribution >= 0.6 is 0 Å². The maximum Gasteiger partial charge on any atom is 0.197 e. The van der Waals surface area contributed by atoms with Gasteiger partial charge in [-0.05, 0) is 19.4 Å². The van der Waals surface area contributed by atoms with Gasteiger partial charge >= 0.3 is 0 Å². The van der Waals surface area contributed by atoms with Gasteiger partial charge < -0.3 is 10.2 Å². The lowest BCUT2D eigenvalue weighted by atomic mass is 10.0. The molecule has 0 aromatic carbocycles. The molecule has 1 aliphatic rings. The van der Waals surface area contributed by atoms with Gasteiger partial charge in [0, 0.05) is 18.3 Å². The molecule has 0 saturated carbocycles. The molecule has 0 spiro atoms. The zero-order chi connectivity index (χ0) is 10.1. The molecule has 0 fully saturated rings. The number of aromatic nitrogens is 1. The van der Waals surface area contributed by atoms with Crippen LogP contribution in [-0.4, -0.2) is 11.5 Å². The fraction of sp³-hybridized carbons (Fsp3) is 0.727. The van der Waals surface area contributed by atoms with Crippen LogP contribution in [0.2, 0.25) is 0 Å². The summed E-state index contributed by atoms with van der Waals surface area (Å²) in [5.41, 5.74) is 6.75. The second kappa shape index (κ2) is 3.73. The summed E-state index contributed by atoms with van der Waals surface area (Å²) in [4.78, 5) is 4.57. The Morgan fingerprint density at radius 2 is 2.36 bits per heavy atom. The lowest BCUT2D eigenvalue weighted by Gasteiger charge is -2.05. The van der Waals surface area contributed by atoms with Crippen molar-refractivity contribution in [3.05, 3.63) is 17.3 Å². The van der Waals surface area contributed by atoms with E-state index in [4.69, 9.17) is 10.2 Å². The molecule has 1 aromatic rings. The molecule has 1 aliphatic carbocycles. The van der Waals surface area contributed by atoms with Crippen LogP contribution in [0.1, 0.15) is 55.9 Å². The highest BCUT2D eigenvalue weighted by Crippen LogP contribution is 2.36. The summed E-state index contributed by atoms with van der Waals surface area (Å²) in [6.45, 7) is 4.96. The highest BCUT2D eigenvalue weighted by atomic mass is 16.4. The first kappa shape index (κ1) is 9.71. The predicted molar refractivity (Wildman–Crippen MR) is 55.3 cm³/mol. The van der Waals surface area contributed by atoms with E-state index in [1.807, 2.05) is 0 Å². The smallest absolute Gasteiger partial charge is 0.197 e. The molecule has 1 atom stereocenters. The third-order valence-corrected chi connectivity index (χ3v) is 2.86. The summed E-state index contributed by atoms with van der Waals surface area (Å²) in [7, 11) is 0. The lowest BCUT2D eigenvalue weighted by molar-refractivity contribution is 0.434. The van der Waals surface area contributed by atoms with E-state index in [-0.39, 0.29) is 0 Å². The molecule has 0 bridgehead atoms. The molecule has 0 amide bonds. The average molecular weight is 194 g/mol. The Morgan fingerprint density at radius 3 is 3.00 bits per heavy atom. The largest absolute Gasteiger partial charge is 0.445 e. The normalized spacial score (nSPS) is 20.4. The van der Waals surface area contributed by atoms with Crippen molar-refractivity contribution in [1.29, 1.82) is 0 Å². The van der Waals surface area contributed by atoms with Gasteiger partial charge in [-0.3, -0.25) is 0 Å². The summed E-state index contributed by atoms with van der Waals surface area (Å²) < 4.78 is 5.71. The highest BCUT2D eigenvalue weighted by molar-refractivity contribution is 5.22. The van der Waals surface area contributed by atoms with Crippen molar-refractivity contribution in [1.82, 2.24) is 4.98 Å². The molecule has 0 saturated heterocycles. The molecule has 1 aromatic heterocycles. The quantitative estimate of drug-likeness (QED) is 0.802. The third-order valence-electron chi connectivity index (χ3n) is 2.86. The van der Waals surface area contributed by atoms with Crippen LogP contribution in [0.15, 0.2) is 4.42 Å². The standard InChI is InChI=1S/C11H18N2O/c1-7(2)11-13-10-8(5-6-12)3-4-9(10)14-11/h7-8H,3-6,12H2,1-2H3. The van der Waals surface area contributed by atoms with E-state index in [2.05, 4.69) is 18.8 Å². The van der Waals surface area contributed by atoms with E-state index in [0.29, 0.717) is 11.8 Å². The Hall–Kier alpha value is -0.830. The summed E-state index contributed by atoms with van der Waals surface area (Å²) in [6.07, 6.45) is 3.24.